The van der Waals surface area contributed by atoms with E-state index >= 15 is 0 Å². The minimum Gasteiger partial charge on any atom is -0.313 e. The average molecular weight is 161 g/mol. The van der Waals surface area contributed by atoms with Gasteiger partial charge in [0.15, 0.2) is 0 Å². The molecule has 6 aliphatic rings. The summed E-state index contributed by atoms with van der Waals surface area (Å²) >= 11 is 0. The van der Waals surface area contributed by atoms with E-state index in [9.17, 15) is 0 Å². The Kier molecular flexibility index (Phi) is 0.500. The van der Waals surface area contributed by atoms with E-state index in [1.54, 1.807) is 0 Å². The maximum Gasteiger partial charge on any atom is 0.0280 e. The molecule has 0 saturated heterocycles. The molecule has 0 aromatic rings. The van der Waals surface area contributed by atoms with Crippen LogP contribution in [0.25, 0.3) is 0 Å². The van der Waals surface area contributed by atoms with Gasteiger partial charge in [-0.3, -0.25) is 0 Å². The van der Waals surface area contributed by atoms with Gasteiger partial charge >= 0.3 is 0 Å². The van der Waals surface area contributed by atoms with Crippen molar-refractivity contribution >= 4 is 0 Å². The van der Waals surface area contributed by atoms with Crippen molar-refractivity contribution in [3.63, 3.8) is 0 Å². The maximum atomic E-state index is 3.63. The fourth-order valence-electron chi connectivity index (χ4n) is 6.96. The Morgan fingerprint density at radius 2 is 1.50 bits per heavy atom. The van der Waals surface area contributed by atoms with Crippen molar-refractivity contribution in [1.29, 1.82) is 0 Å². The topological polar surface area (TPSA) is 12.0 Å². The summed E-state index contributed by atoms with van der Waals surface area (Å²) in [5, 5.41) is 3.63. The van der Waals surface area contributed by atoms with Crippen molar-refractivity contribution in [2.24, 2.45) is 40.9 Å². The Morgan fingerprint density at radius 1 is 1.00 bits per heavy atom. The van der Waals surface area contributed by atoms with Gasteiger partial charge in [-0.15, -0.1) is 0 Å². The molecule has 6 rings (SSSR count). The molecule has 6 fully saturated rings. The molecule has 0 spiro atoms. The molecule has 0 atom stereocenters. The van der Waals surface area contributed by atoms with Crippen molar-refractivity contribution in [3.05, 3.63) is 0 Å². The predicted octanol–water partition coefficient (Wildman–Crippen LogP) is 1.11. The molecule has 1 N–H and O–H groups in total. The first kappa shape index (κ1) is 5.64. The average Bonchev–Trinajstić information content (AvgIpc) is 2.17. The highest BCUT2D eigenvalue weighted by Crippen LogP contribution is 3.07. The molecule has 0 aromatic heterocycles. The lowest BCUT2D eigenvalue weighted by atomic mass is 8.94. The summed E-state index contributed by atoms with van der Waals surface area (Å²) in [6.07, 6.45) is 1.50. The standard InChI is InChI=1S/C11H15N/c1-3-10-4-7-5(10)9-6(10)8(4)11(7,9)12-2/h4-9,12H,3H2,1-2H3. The second-order valence-corrected chi connectivity index (χ2v) is 5.80. The summed E-state index contributed by atoms with van der Waals surface area (Å²) in [4.78, 5) is 0. The van der Waals surface area contributed by atoms with Crippen molar-refractivity contribution in [3.8, 4) is 0 Å². The third-order valence-corrected chi connectivity index (χ3v) is 6.88. The van der Waals surface area contributed by atoms with E-state index in [2.05, 4.69) is 19.3 Å². The molecule has 6 saturated carbocycles. The van der Waals surface area contributed by atoms with Crippen molar-refractivity contribution in [1.82, 2.24) is 5.32 Å². The van der Waals surface area contributed by atoms with Gasteiger partial charge in [-0.1, -0.05) is 6.92 Å². The summed E-state index contributed by atoms with van der Waals surface area (Å²) in [5.41, 5.74) is 1.68. The minimum absolute atomic E-state index is 0.733. The number of hydrogen-bond acceptors (Lipinski definition) is 1. The van der Waals surface area contributed by atoms with E-state index in [0.717, 1.165) is 28.7 Å². The third-order valence-electron chi connectivity index (χ3n) is 6.88. The van der Waals surface area contributed by atoms with E-state index in [4.69, 9.17) is 0 Å². The van der Waals surface area contributed by atoms with Crippen LogP contribution in [-0.2, 0) is 0 Å². The Labute approximate surface area is 72.9 Å². The van der Waals surface area contributed by atoms with Gasteiger partial charge in [-0.2, -0.15) is 0 Å². The van der Waals surface area contributed by atoms with Crippen molar-refractivity contribution < 1.29 is 0 Å². The molecule has 0 aromatic carbocycles. The van der Waals surface area contributed by atoms with Gasteiger partial charge in [0, 0.05) is 5.54 Å². The van der Waals surface area contributed by atoms with Crippen LogP contribution in [-0.4, -0.2) is 12.6 Å². The molecule has 0 heterocycles. The molecule has 6 aliphatic carbocycles. The van der Waals surface area contributed by atoms with Gasteiger partial charge in [0.25, 0.3) is 0 Å². The quantitative estimate of drug-likeness (QED) is 0.639. The lowest BCUT2D eigenvalue weighted by molar-refractivity contribution is -0.626. The van der Waals surface area contributed by atoms with Gasteiger partial charge in [0.1, 0.15) is 0 Å². The van der Waals surface area contributed by atoms with Crippen LogP contribution in [0.5, 0.6) is 0 Å². The largest absolute Gasteiger partial charge is 0.313 e. The summed E-state index contributed by atoms with van der Waals surface area (Å²) in [5.74, 6) is 7.08. The van der Waals surface area contributed by atoms with Gasteiger partial charge in [0.2, 0.25) is 0 Å². The van der Waals surface area contributed by atoms with Crippen molar-refractivity contribution in [2.75, 3.05) is 7.05 Å². The van der Waals surface area contributed by atoms with Crippen molar-refractivity contribution in [2.45, 2.75) is 18.9 Å². The summed E-state index contributed by atoms with van der Waals surface area (Å²) < 4.78 is 0. The van der Waals surface area contributed by atoms with Crippen LogP contribution in [0.2, 0.25) is 0 Å². The fraction of sp³-hybridized carbons (Fsp3) is 1.00. The van der Waals surface area contributed by atoms with Crippen LogP contribution in [0.15, 0.2) is 0 Å². The molecule has 1 heteroatoms. The number of hydrogen-bond donors (Lipinski definition) is 1. The van der Waals surface area contributed by atoms with Gasteiger partial charge in [-0.05, 0) is 54.4 Å². The summed E-state index contributed by atoms with van der Waals surface area (Å²) in [6, 6.07) is 0. The van der Waals surface area contributed by atoms with E-state index in [0.29, 0.717) is 0 Å². The molecule has 0 amide bonds. The fourth-order valence-corrected chi connectivity index (χ4v) is 6.96. The Morgan fingerprint density at radius 3 is 1.83 bits per heavy atom. The van der Waals surface area contributed by atoms with Crippen LogP contribution in [0, 0.1) is 40.9 Å². The van der Waals surface area contributed by atoms with Gasteiger partial charge in [0.05, 0.1) is 0 Å². The maximum absolute atomic E-state index is 3.63. The SMILES string of the molecule is CCC12C3C4C1C1C2C3C41NC. The van der Waals surface area contributed by atoms with Crippen LogP contribution in [0.4, 0.5) is 0 Å². The molecule has 0 aliphatic heterocycles. The molecule has 12 heavy (non-hydrogen) atoms. The predicted molar refractivity (Wildman–Crippen MR) is 45.5 cm³/mol. The molecular weight excluding hydrogens is 146 g/mol. The molecule has 0 unspecified atom stereocenters. The number of rotatable bonds is 2. The smallest absolute Gasteiger partial charge is 0.0280 e. The normalized spacial score (nSPS) is 88.5. The summed E-state index contributed by atoms with van der Waals surface area (Å²) in [6.45, 7) is 2.42. The Bertz CT molecular complexity index is 233. The molecule has 1 nitrogen and oxygen atoms in total. The zero-order valence-corrected chi connectivity index (χ0v) is 7.67. The van der Waals surface area contributed by atoms with Crippen LogP contribution in [0.1, 0.15) is 13.3 Å². The highest BCUT2D eigenvalue weighted by atomic mass is 15.2. The van der Waals surface area contributed by atoms with E-state index < -0.39 is 0 Å². The number of nitrogens with one attached hydrogen (secondary N) is 1. The van der Waals surface area contributed by atoms with E-state index in [1.807, 2.05) is 0 Å². The lowest BCUT2D eigenvalue weighted by Crippen LogP contribution is -3.14. The molecular formula is C11H15N. The Hall–Kier alpha value is -0.0400. The zero-order chi connectivity index (χ0) is 7.88. The second-order valence-electron chi connectivity index (χ2n) is 5.80. The summed E-state index contributed by atoms with van der Waals surface area (Å²) in [7, 11) is 2.19. The lowest BCUT2D eigenvalue weighted by Gasteiger charge is -3.11. The van der Waals surface area contributed by atoms with E-state index in [-0.39, 0.29) is 0 Å². The van der Waals surface area contributed by atoms with Crippen LogP contribution < -0.4 is 5.32 Å². The highest BCUT2D eigenvalue weighted by Gasteiger charge is 3.08. The van der Waals surface area contributed by atoms with Gasteiger partial charge < -0.3 is 5.32 Å². The monoisotopic (exact) mass is 161 g/mol. The minimum atomic E-state index is 0.733. The molecule has 64 valence electrons. The van der Waals surface area contributed by atoms with Crippen LogP contribution >= 0.6 is 0 Å². The second kappa shape index (κ2) is 1.06. The first-order chi connectivity index (χ1) is 5.85. The third kappa shape index (κ3) is 0.184. The van der Waals surface area contributed by atoms with E-state index in [1.165, 1.54) is 24.2 Å². The zero-order valence-electron chi connectivity index (χ0n) is 7.67. The van der Waals surface area contributed by atoms with Gasteiger partial charge in [-0.25, -0.2) is 0 Å². The Balaban J connectivity index is 1.67. The first-order valence-electron chi connectivity index (χ1n) is 5.54. The highest BCUT2D eigenvalue weighted by molar-refractivity contribution is 5.58. The molecule has 0 bridgehead atoms. The van der Waals surface area contributed by atoms with Crippen LogP contribution in [0.3, 0.4) is 0 Å². The molecule has 0 radical (unpaired) electrons. The first-order valence-corrected chi connectivity index (χ1v) is 5.54.